The van der Waals surface area contributed by atoms with Crippen LogP contribution in [-0.2, 0) is 17.9 Å². The van der Waals surface area contributed by atoms with Crippen LogP contribution in [0.4, 0.5) is 0 Å². The molecule has 2 aromatic rings. The van der Waals surface area contributed by atoms with Gasteiger partial charge in [0.05, 0.1) is 12.3 Å². The summed E-state index contributed by atoms with van der Waals surface area (Å²) >= 11 is 1.72. The minimum absolute atomic E-state index is 0.0966. The van der Waals surface area contributed by atoms with E-state index in [2.05, 4.69) is 38.2 Å². The summed E-state index contributed by atoms with van der Waals surface area (Å²) in [7, 11) is 1.71. The van der Waals surface area contributed by atoms with E-state index in [1.165, 1.54) is 4.88 Å². The van der Waals surface area contributed by atoms with E-state index >= 15 is 0 Å². The average molecular weight is 290 g/mol. The first-order valence-electron chi connectivity index (χ1n) is 6.77. The molecule has 0 spiro atoms. The molecule has 108 valence electrons. The van der Waals surface area contributed by atoms with Crippen LogP contribution >= 0.6 is 11.3 Å². The molecule has 4 heteroatoms. The summed E-state index contributed by atoms with van der Waals surface area (Å²) in [5.41, 5.74) is 2.33. The van der Waals surface area contributed by atoms with Crippen LogP contribution in [0.5, 0.6) is 0 Å². The van der Waals surface area contributed by atoms with Gasteiger partial charge < -0.3 is 10.1 Å². The molecular weight excluding hydrogens is 268 g/mol. The Balaban J connectivity index is 2.29. The molecule has 2 rings (SSSR count). The van der Waals surface area contributed by atoms with Crippen LogP contribution in [0.15, 0.2) is 30.3 Å². The molecule has 0 saturated heterocycles. The van der Waals surface area contributed by atoms with Crippen LogP contribution < -0.4 is 5.32 Å². The fraction of sp³-hybridized carbons (Fsp3) is 0.438. The number of methoxy groups -OCH3 is 1. The topological polar surface area (TPSA) is 34.1 Å². The Labute approximate surface area is 125 Å². The van der Waals surface area contributed by atoms with Crippen molar-refractivity contribution in [2.45, 2.75) is 39.5 Å². The van der Waals surface area contributed by atoms with Crippen molar-refractivity contribution in [3.63, 3.8) is 0 Å². The predicted molar refractivity (Wildman–Crippen MR) is 84.9 cm³/mol. The third kappa shape index (κ3) is 4.13. The van der Waals surface area contributed by atoms with Gasteiger partial charge in [-0.05, 0) is 20.8 Å². The van der Waals surface area contributed by atoms with Crippen molar-refractivity contribution in [3.05, 3.63) is 40.2 Å². The van der Waals surface area contributed by atoms with Gasteiger partial charge in [0.2, 0.25) is 0 Å². The SMILES string of the molecule is COCc1nc(-c2ccccc2)c(CNC(C)(C)C)s1. The van der Waals surface area contributed by atoms with E-state index in [1.807, 2.05) is 18.2 Å². The van der Waals surface area contributed by atoms with Crippen molar-refractivity contribution < 1.29 is 4.74 Å². The number of benzene rings is 1. The number of aromatic nitrogens is 1. The summed E-state index contributed by atoms with van der Waals surface area (Å²) in [5.74, 6) is 0. The third-order valence-electron chi connectivity index (χ3n) is 2.84. The molecule has 0 unspecified atom stereocenters. The predicted octanol–water partition coefficient (Wildman–Crippen LogP) is 3.84. The van der Waals surface area contributed by atoms with Crippen LogP contribution in [-0.4, -0.2) is 17.6 Å². The number of hydrogen-bond acceptors (Lipinski definition) is 4. The van der Waals surface area contributed by atoms with E-state index in [-0.39, 0.29) is 5.54 Å². The van der Waals surface area contributed by atoms with Crippen molar-refractivity contribution in [3.8, 4) is 11.3 Å². The Hall–Kier alpha value is -1.23. The molecule has 1 aromatic heterocycles. The number of nitrogens with one attached hydrogen (secondary N) is 1. The Kier molecular flexibility index (Phi) is 4.91. The largest absolute Gasteiger partial charge is 0.378 e. The molecule has 1 aromatic carbocycles. The maximum atomic E-state index is 5.21. The lowest BCUT2D eigenvalue weighted by atomic mass is 10.1. The first-order valence-corrected chi connectivity index (χ1v) is 7.59. The average Bonchev–Trinajstić information content (AvgIpc) is 2.80. The molecule has 0 saturated carbocycles. The standard InChI is InChI=1S/C16H22N2OS/c1-16(2,3)17-10-13-15(12-8-6-5-7-9-12)18-14(20-13)11-19-4/h5-9,17H,10-11H2,1-4H3. The highest BCUT2D eigenvalue weighted by atomic mass is 32.1. The van der Waals surface area contributed by atoms with Crippen LogP contribution in [0.25, 0.3) is 11.3 Å². The minimum Gasteiger partial charge on any atom is -0.378 e. The molecule has 3 nitrogen and oxygen atoms in total. The van der Waals surface area contributed by atoms with Gasteiger partial charge in [0, 0.05) is 29.6 Å². The van der Waals surface area contributed by atoms with Gasteiger partial charge >= 0.3 is 0 Å². The summed E-state index contributed by atoms with van der Waals surface area (Å²) in [6.07, 6.45) is 0. The second-order valence-corrected chi connectivity index (χ2v) is 6.95. The van der Waals surface area contributed by atoms with Gasteiger partial charge in [-0.25, -0.2) is 4.98 Å². The summed E-state index contributed by atoms with van der Waals surface area (Å²) in [5, 5.41) is 4.56. The van der Waals surface area contributed by atoms with Crippen molar-refractivity contribution >= 4 is 11.3 Å². The molecule has 20 heavy (non-hydrogen) atoms. The van der Waals surface area contributed by atoms with Gasteiger partial charge in [0.1, 0.15) is 5.01 Å². The van der Waals surface area contributed by atoms with E-state index < -0.39 is 0 Å². The van der Waals surface area contributed by atoms with E-state index in [0.717, 1.165) is 22.8 Å². The smallest absolute Gasteiger partial charge is 0.119 e. The van der Waals surface area contributed by atoms with Gasteiger partial charge in [-0.3, -0.25) is 0 Å². The lowest BCUT2D eigenvalue weighted by Gasteiger charge is -2.20. The molecule has 0 bridgehead atoms. The second-order valence-electron chi connectivity index (χ2n) is 5.78. The zero-order valence-corrected chi connectivity index (χ0v) is 13.4. The van der Waals surface area contributed by atoms with Crippen LogP contribution in [0, 0.1) is 0 Å². The van der Waals surface area contributed by atoms with Crippen molar-refractivity contribution in [1.29, 1.82) is 0 Å². The Morgan fingerprint density at radius 2 is 1.90 bits per heavy atom. The molecular formula is C16H22N2OS. The zero-order chi connectivity index (χ0) is 14.6. The maximum Gasteiger partial charge on any atom is 0.119 e. The van der Waals surface area contributed by atoms with E-state index in [0.29, 0.717) is 6.61 Å². The molecule has 1 heterocycles. The maximum absolute atomic E-state index is 5.21. The van der Waals surface area contributed by atoms with Crippen molar-refractivity contribution in [2.75, 3.05) is 7.11 Å². The van der Waals surface area contributed by atoms with Crippen LogP contribution in [0.2, 0.25) is 0 Å². The zero-order valence-electron chi connectivity index (χ0n) is 12.6. The highest BCUT2D eigenvalue weighted by Gasteiger charge is 2.15. The molecule has 0 atom stereocenters. The Morgan fingerprint density at radius 3 is 2.50 bits per heavy atom. The van der Waals surface area contributed by atoms with Gasteiger partial charge in [-0.15, -0.1) is 11.3 Å². The number of ether oxygens (including phenoxy) is 1. The summed E-state index contributed by atoms with van der Waals surface area (Å²) in [4.78, 5) is 5.99. The first kappa shape index (κ1) is 15.2. The van der Waals surface area contributed by atoms with Gasteiger partial charge in [0.25, 0.3) is 0 Å². The lowest BCUT2D eigenvalue weighted by molar-refractivity contribution is 0.184. The number of nitrogens with zero attached hydrogens (tertiary/aromatic N) is 1. The van der Waals surface area contributed by atoms with E-state index in [9.17, 15) is 0 Å². The summed E-state index contributed by atoms with van der Waals surface area (Å²) in [6, 6.07) is 10.3. The quantitative estimate of drug-likeness (QED) is 0.908. The summed E-state index contributed by atoms with van der Waals surface area (Å²) in [6.45, 7) is 7.92. The van der Waals surface area contributed by atoms with Crippen LogP contribution in [0.1, 0.15) is 30.7 Å². The minimum atomic E-state index is 0.0966. The van der Waals surface area contributed by atoms with E-state index in [1.54, 1.807) is 18.4 Å². The van der Waals surface area contributed by atoms with E-state index in [4.69, 9.17) is 9.72 Å². The molecule has 0 radical (unpaired) electrons. The number of hydrogen-bond donors (Lipinski definition) is 1. The Bertz CT molecular complexity index is 543. The lowest BCUT2D eigenvalue weighted by Crippen LogP contribution is -2.34. The molecule has 0 aliphatic rings. The molecule has 0 aliphatic carbocycles. The Morgan fingerprint density at radius 1 is 1.20 bits per heavy atom. The fourth-order valence-corrected chi connectivity index (χ4v) is 2.88. The third-order valence-corrected chi connectivity index (χ3v) is 3.86. The fourth-order valence-electron chi connectivity index (χ4n) is 1.87. The summed E-state index contributed by atoms with van der Waals surface area (Å²) < 4.78 is 5.21. The first-order chi connectivity index (χ1) is 9.49. The normalized spacial score (nSPS) is 11.8. The molecule has 0 fully saturated rings. The second kappa shape index (κ2) is 6.48. The monoisotopic (exact) mass is 290 g/mol. The van der Waals surface area contributed by atoms with Gasteiger partial charge in [-0.2, -0.15) is 0 Å². The molecule has 1 N–H and O–H groups in total. The molecule has 0 amide bonds. The number of thiazole rings is 1. The highest BCUT2D eigenvalue weighted by Crippen LogP contribution is 2.29. The highest BCUT2D eigenvalue weighted by molar-refractivity contribution is 7.12. The van der Waals surface area contributed by atoms with Crippen molar-refractivity contribution in [1.82, 2.24) is 10.3 Å². The van der Waals surface area contributed by atoms with Crippen LogP contribution in [0.3, 0.4) is 0 Å². The van der Waals surface area contributed by atoms with Gasteiger partial charge in [0.15, 0.2) is 0 Å². The molecule has 0 aliphatic heterocycles. The van der Waals surface area contributed by atoms with Gasteiger partial charge in [-0.1, -0.05) is 30.3 Å². The number of rotatable bonds is 5. The van der Waals surface area contributed by atoms with Crippen molar-refractivity contribution in [2.24, 2.45) is 0 Å².